The molecule has 1 radical (unpaired) electrons. The molecule has 0 bridgehead atoms. The van der Waals surface area contributed by atoms with Crippen LogP contribution >= 0.6 is 15.2 Å². The Morgan fingerprint density at radius 1 is 0.568 bits per heavy atom. The Hall–Kier alpha value is -2.84. The molecule has 0 amide bonds. The number of benzene rings is 4. The predicted molar refractivity (Wildman–Crippen MR) is 133 cm³/mol. The molecule has 197 valence electrons. The summed E-state index contributed by atoms with van der Waals surface area (Å²) < 4.78 is 22.3. The average molecular weight is 589 g/mol. The Morgan fingerprint density at radius 2 is 0.811 bits per heavy atom. The van der Waals surface area contributed by atoms with Gasteiger partial charge in [0.05, 0.1) is 10.6 Å². The molecular formula is C24H24MnO10P2. The fourth-order valence-electron chi connectivity index (χ4n) is 2.92. The van der Waals surface area contributed by atoms with Gasteiger partial charge in [0, 0.05) is 11.9 Å². The third-order valence-corrected chi connectivity index (χ3v) is 6.20. The van der Waals surface area contributed by atoms with Crippen LogP contribution in [0, 0.1) is 0 Å². The quantitative estimate of drug-likeness (QED) is 0.192. The minimum atomic E-state index is -4.16. The molecule has 4 aromatic rings. The van der Waals surface area contributed by atoms with E-state index in [2.05, 4.69) is 0 Å². The van der Waals surface area contributed by atoms with Crippen LogP contribution < -0.4 is 20.8 Å². The molecule has 4 aromatic carbocycles. The molecule has 0 saturated carbocycles. The van der Waals surface area contributed by atoms with Crippen LogP contribution in [0.5, 0.6) is 0 Å². The van der Waals surface area contributed by atoms with Crippen LogP contribution in [-0.2, 0) is 35.8 Å². The molecule has 0 aliphatic carbocycles. The zero-order chi connectivity index (χ0) is 27.5. The Labute approximate surface area is 223 Å². The van der Waals surface area contributed by atoms with Crippen molar-refractivity contribution in [3.8, 4) is 0 Å². The van der Waals surface area contributed by atoms with Crippen molar-refractivity contribution in [2.45, 2.75) is 13.8 Å². The van der Waals surface area contributed by atoms with E-state index in [1.54, 1.807) is 36.4 Å². The minimum absolute atomic E-state index is 0. The van der Waals surface area contributed by atoms with Crippen molar-refractivity contribution in [2.24, 2.45) is 0 Å². The van der Waals surface area contributed by atoms with Crippen LogP contribution in [-0.4, -0.2) is 31.5 Å². The Kier molecular flexibility index (Phi) is 14.2. The summed E-state index contributed by atoms with van der Waals surface area (Å²) in [5, 5.41) is 20.9. The van der Waals surface area contributed by atoms with Gasteiger partial charge in [0.15, 0.2) is 0 Å². The van der Waals surface area contributed by atoms with Crippen molar-refractivity contribution in [1.29, 1.82) is 0 Å². The first kappa shape index (κ1) is 34.2. The third kappa shape index (κ3) is 12.3. The van der Waals surface area contributed by atoms with E-state index in [-0.39, 0.29) is 27.7 Å². The zero-order valence-electron chi connectivity index (χ0n) is 19.6. The van der Waals surface area contributed by atoms with Crippen LogP contribution in [0.15, 0.2) is 84.9 Å². The topological polar surface area (TPSA) is 195 Å². The van der Waals surface area contributed by atoms with Gasteiger partial charge >= 0.3 is 32.3 Å². The summed E-state index contributed by atoms with van der Waals surface area (Å²) >= 11 is 0. The minimum Gasteiger partial charge on any atom is -0.550 e. The van der Waals surface area contributed by atoms with Crippen molar-refractivity contribution in [1.82, 2.24) is 0 Å². The van der Waals surface area contributed by atoms with Gasteiger partial charge < -0.3 is 39.4 Å². The second-order valence-electron chi connectivity index (χ2n) is 7.07. The first-order valence-corrected chi connectivity index (χ1v) is 13.3. The maximum Gasteiger partial charge on any atom is 2.00 e. The summed E-state index contributed by atoms with van der Waals surface area (Å²) in [6.07, 6.45) is 0. The molecule has 0 fully saturated rings. The third-order valence-electron chi connectivity index (χ3n) is 4.16. The number of hydrogen-bond donors (Lipinski definition) is 4. The van der Waals surface area contributed by atoms with Crippen LogP contribution in [0.3, 0.4) is 0 Å². The summed E-state index contributed by atoms with van der Waals surface area (Å²) in [7, 11) is -8.33. The van der Waals surface area contributed by atoms with Gasteiger partial charge in [-0.2, -0.15) is 0 Å². The molecule has 37 heavy (non-hydrogen) atoms. The standard InChI is InChI=1S/2C10H9O3P.2C2H4O2.Mn/c2*11-14(12,13)10-7-3-5-8-4-1-2-6-9(8)10;2*1-2(3)4;/h2*1-7H,(H2,11,12,13);2*1H3,(H,3,4);/q;;;;+2/p-2. The second-order valence-corrected chi connectivity index (χ2v) is 10.2. The second kappa shape index (κ2) is 15.4. The number of hydrogen-bond acceptors (Lipinski definition) is 6. The summed E-state index contributed by atoms with van der Waals surface area (Å²) in [4.78, 5) is 54.2. The van der Waals surface area contributed by atoms with Crippen molar-refractivity contribution in [3.63, 3.8) is 0 Å². The van der Waals surface area contributed by atoms with E-state index in [0.29, 0.717) is 10.8 Å². The van der Waals surface area contributed by atoms with E-state index in [1.807, 2.05) is 36.4 Å². The van der Waals surface area contributed by atoms with Crippen LogP contribution in [0.4, 0.5) is 0 Å². The molecule has 0 aromatic heterocycles. The number of fused-ring (bicyclic) bond motifs is 2. The predicted octanol–water partition coefficient (Wildman–Crippen LogP) is 0.796. The van der Waals surface area contributed by atoms with Crippen molar-refractivity contribution < 1.29 is 65.6 Å². The van der Waals surface area contributed by atoms with Gasteiger partial charge in [-0.25, -0.2) is 0 Å². The molecule has 0 spiro atoms. The zero-order valence-corrected chi connectivity index (χ0v) is 22.6. The maximum absolute atomic E-state index is 11.1. The summed E-state index contributed by atoms with van der Waals surface area (Å²) in [6.45, 7) is 1.94. The van der Waals surface area contributed by atoms with Crippen molar-refractivity contribution in [2.75, 3.05) is 0 Å². The number of carboxylic acids is 2. The molecule has 0 atom stereocenters. The van der Waals surface area contributed by atoms with E-state index in [0.717, 1.165) is 24.6 Å². The Balaban J connectivity index is 0.000000535. The van der Waals surface area contributed by atoms with Crippen LogP contribution in [0.25, 0.3) is 21.5 Å². The van der Waals surface area contributed by atoms with E-state index in [1.165, 1.54) is 12.1 Å². The van der Waals surface area contributed by atoms with Gasteiger partial charge in [-0.15, -0.1) is 0 Å². The fraction of sp³-hybridized carbons (Fsp3) is 0.0833. The molecular weight excluding hydrogens is 565 g/mol. The SMILES string of the molecule is CC(=O)[O-].CC(=O)[O-].O=P(O)(O)c1cccc2ccccc12.O=P(O)(O)c1cccc2ccccc12.[Mn+2]. The number of carbonyl (C=O) groups excluding carboxylic acids is 2. The number of carboxylic acid groups (broad SMARTS) is 2. The van der Waals surface area contributed by atoms with E-state index < -0.39 is 27.1 Å². The van der Waals surface area contributed by atoms with Gasteiger partial charge in [-0.3, -0.25) is 9.13 Å². The van der Waals surface area contributed by atoms with Crippen LogP contribution in [0.2, 0.25) is 0 Å². The van der Waals surface area contributed by atoms with Gasteiger partial charge in [-0.05, 0) is 47.5 Å². The smallest absolute Gasteiger partial charge is 0.550 e. The molecule has 10 nitrogen and oxygen atoms in total. The van der Waals surface area contributed by atoms with Gasteiger partial charge in [-0.1, -0.05) is 72.8 Å². The molecule has 4 N–H and O–H groups in total. The van der Waals surface area contributed by atoms with E-state index in [4.69, 9.17) is 39.4 Å². The van der Waals surface area contributed by atoms with Gasteiger partial charge in [0.25, 0.3) is 0 Å². The Morgan fingerprint density at radius 3 is 1.08 bits per heavy atom. The van der Waals surface area contributed by atoms with Crippen molar-refractivity contribution in [3.05, 3.63) is 84.9 Å². The van der Waals surface area contributed by atoms with E-state index in [9.17, 15) is 9.13 Å². The monoisotopic (exact) mass is 589 g/mol. The van der Waals surface area contributed by atoms with Gasteiger partial charge in [0.1, 0.15) is 0 Å². The first-order chi connectivity index (χ1) is 16.6. The molecule has 4 rings (SSSR count). The Bertz CT molecular complexity index is 1300. The van der Waals surface area contributed by atoms with Crippen LogP contribution in [0.1, 0.15) is 13.8 Å². The van der Waals surface area contributed by atoms with E-state index >= 15 is 0 Å². The molecule has 13 heteroatoms. The average Bonchev–Trinajstić information content (AvgIpc) is 2.77. The summed E-state index contributed by atoms with van der Waals surface area (Å²) in [5.41, 5.74) is 0. The van der Waals surface area contributed by atoms with Gasteiger partial charge in [0.2, 0.25) is 0 Å². The maximum atomic E-state index is 11.1. The largest absolute Gasteiger partial charge is 2.00 e. The summed E-state index contributed by atoms with van der Waals surface area (Å²) in [6, 6.07) is 24.2. The molecule has 0 heterocycles. The molecule has 0 unspecified atom stereocenters. The molecule has 0 aliphatic rings. The molecule has 0 aliphatic heterocycles. The number of rotatable bonds is 2. The number of carbonyl (C=O) groups is 2. The summed E-state index contributed by atoms with van der Waals surface area (Å²) in [5.74, 6) is -2.17. The first-order valence-electron chi connectivity index (χ1n) is 10.1. The van der Waals surface area contributed by atoms with Crippen molar-refractivity contribution >= 4 is 59.3 Å². The molecule has 0 saturated heterocycles. The number of aliphatic carboxylic acids is 2. The fourth-order valence-corrected chi connectivity index (χ4v) is 4.52. The normalized spacial score (nSPS) is 10.3.